The Morgan fingerprint density at radius 1 is 0.857 bits per heavy atom. The number of rotatable bonds is 11. The van der Waals surface area contributed by atoms with Gasteiger partial charge in [-0.1, -0.05) is 38.5 Å². The monoisotopic (exact) mass is 328 g/mol. The Labute approximate surface area is 135 Å². The first kappa shape index (κ1) is 23.5. The minimum absolute atomic E-state index is 0. The Morgan fingerprint density at radius 2 is 1.24 bits per heavy atom. The van der Waals surface area contributed by atoms with Gasteiger partial charge in [0.1, 0.15) is 10.1 Å². The van der Waals surface area contributed by atoms with Gasteiger partial charge in [0.05, 0.1) is 0 Å². The molecule has 0 aliphatic rings. The quantitative estimate of drug-likeness (QED) is 0.249. The van der Waals surface area contributed by atoms with Crippen molar-refractivity contribution in [2.24, 2.45) is 0 Å². The largest absolute Gasteiger partial charge is 1.00 e. The maximum atomic E-state index is 12.7. The summed E-state index contributed by atoms with van der Waals surface area (Å²) in [7, 11) is -4.83. The van der Waals surface area contributed by atoms with Gasteiger partial charge in [0.2, 0.25) is 0 Å². The summed E-state index contributed by atoms with van der Waals surface area (Å²) in [4.78, 5) is 0. The molecule has 0 saturated heterocycles. The summed E-state index contributed by atoms with van der Waals surface area (Å²) in [6, 6.07) is 0. The van der Waals surface area contributed by atoms with Gasteiger partial charge >= 0.3 is 25.0 Å². The van der Waals surface area contributed by atoms with Crippen LogP contribution in [0.15, 0.2) is 0 Å². The molecule has 3 nitrogen and oxygen atoms in total. The molecular formula is C12H21F4LiO3S. The molecule has 0 aromatic carbocycles. The Balaban J connectivity index is 0. The van der Waals surface area contributed by atoms with E-state index in [1.54, 1.807) is 0 Å². The molecule has 0 aromatic rings. The molecule has 1 atom stereocenters. The van der Waals surface area contributed by atoms with Gasteiger partial charge in [0.25, 0.3) is 0 Å². The average molecular weight is 328 g/mol. The smallest absolute Gasteiger partial charge is 0.746 e. The second-order valence-corrected chi connectivity index (χ2v) is 6.38. The van der Waals surface area contributed by atoms with Crippen LogP contribution in [0.4, 0.5) is 17.6 Å². The van der Waals surface area contributed by atoms with E-state index in [4.69, 9.17) is 0 Å². The standard InChI is InChI=1S/C12H22F4O3S.Li/c13-11(20(17,18)19)9-7-5-3-1-2-4-6-8-10-12(14,15)16;/h11H,1-10H2,(H,17,18,19);/q;+1/p-1. The van der Waals surface area contributed by atoms with E-state index in [1.807, 2.05) is 0 Å². The van der Waals surface area contributed by atoms with E-state index in [0.29, 0.717) is 19.3 Å². The van der Waals surface area contributed by atoms with Crippen LogP contribution in [0, 0.1) is 0 Å². The van der Waals surface area contributed by atoms with Crippen molar-refractivity contribution in [3.8, 4) is 0 Å². The van der Waals surface area contributed by atoms with E-state index >= 15 is 0 Å². The van der Waals surface area contributed by atoms with Crippen molar-refractivity contribution in [2.45, 2.75) is 75.9 Å². The number of hydrogen-bond donors (Lipinski definition) is 0. The molecule has 0 spiro atoms. The van der Waals surface area contributed by atoms with Crippen molar-refractivity contribution in [1.82, 2.24) is 0 Å². The average Bonchev–Trinajstić information content (AvgIpc) is 2.28. The summed E-state index contributed by atoms with van der Waals surface area (Å²) in [5.41, 5.74) is -2.33. The third kappa shape index (κ3) is 16.4. The first-order chi connectivity index (χ1) is 9.13. The van der Waals surface area contributed by atoms with Crippen LogP contribution < -0.4 is 18.9 Å². The van der Waals surface area contributed by atoms with Gasteiger partial charge in [0, 0.05) is 6.42 Å². The molecule has 0 rings (SSSR count). The van der Waals surface area contributed by atoms with E-state index in [-0.39, 0.29) is 31.7 Å². The molecule has 122 valence electrons. The van der Waals surface area contributed by atoms with Crippen LogP contribution in [0.3, 0.4) is 0 Å². The minimum Gasteiger partial charge on any atom is -0.746 e. The van der Waals surface area contributed by atoms with Gasteiger partial charge in [-0.25, -0.2) is 12.8 Å². The Morgan fingerprint density at radius 3 is 1.62 bits per heavy atom. The molecule has 0 bridgehead atoms. The van der Waals surface area contributed by atoms with Gasteiger partial charge < -0.3 is 4.55 Å². The van der Waals surface area contributed by atoms with E-state index < -0.39 is 28.2 Å². The number of halogens is 4. The van der Waals surface area contributed by atoms with E-state index in [2.05, 4.69) is 0 Å². The van der Waals surface area contributed by atoms with Crippen molar-refractivity contribution in [3.63, 3.8) is 0 Å². The maximum Gasteiger partial charge on any atom is 1.00 e. The van der Waals surface area contributed by atoms with E-state index in [9.17, 15) is 30.5 Å². The zero-order valence-electron chi connectivity index (χ0n) is 12.3. The van der Waals surface area contributed by atoms with Crippen molar-refractivity contribution < 1.29 is 49.4 Å². The number of alkyl halides is 4. The fourth-order valence-corrected chi connectivity index (χ4v) is 2.29. The SMILES string of the molecule is O=S(=O)([O-])C(F)CCCCCCCCCCC(F)(F)F.[Li+]. The summed E-state index contributed by atoms with van der Waals surface area (Å²) < 4.78 is 79.0. The van der Waals surface area contributed by atoms with Crippen molar-refractivity contribution in [1.29, 1.82) is 0 Å². The Kier molecular flexibility index (Phi) is 13.1. The fourth-order valence-electron chi connectivity index (χ4n) is 1.84. The van der Waals surface area contributed by atoms with E-state index in [1.165, 1.54) is 0 Å². The minimum atomic E-state index is -4.83. The summed E-state index contributed by atoms with van der Waals surface area (Å²) in [5, 5.41) is 0. The maximum absolute atomic E-state index is 12.7. The van der Waals surface area contributed by atoms with Crippen LogP contribution >= 0.6 is 0 Å². The number of unbranched alkanes of at least 4 members (excludes halogenated alkanes) is 7. The Hall–Kier alpha value is 0.227. The van der Waals surface area contributed by atoms with E-state index in [0.717, 1.165) is 25.7 Å². The summed E-state index contributed by atoms with van der Waals surface area (Å²) in [6.45, 7) is 0. The first-order valence-corrected chi connectivity index (χ1v) is 8.25. The summed E-state index contributed by atoms with van der Waals surface area (Å²) >= 11 is 0. The molecule has 9 heteroatoms. The fraction of sp³-hybridized carbons (Fsp3) is 1.00. The third-order valence-corrected chi connectivity index (χ3v) is 3.82. The van der Waals surface area contributed by atoms with Crippen LogP contribution in [-0.2, 0) is 10.1 Å². The predicted octanol–water partition coefficient (Wildman–Crippen LogP) is 1.29. The zero-order chi connectivity index (χ0) is 15.6. The second-order valence-electron chi connectivity index (χ2n) is 4.89. The molecule has 0 aromatic heterocycles. The number of hydrogen-bond acceptors (Lipinski definition) is 3. The molecule has 0 fully saturated rings. The molecule has 0 aliphatic carbocycles. The molecule has 0 heterocycles. The zero-order valence-corrected chi connectivity index (χ0v) is 13.1. The van der Waals surface area contributed by atoms with Gasteiger partial charge in [-0.05, 0) is 19.3 Å². The van der Waals surface area contributed by atoms with Crippen LogP contribution in [0.2, 0.25) is 0 Å². The van der Waals surface area contributed by atoms with Crippen molar-refractivity contribution in [2.75, 3.05) is 0 Å². The molecule has 21 heavy (non-hydrogen) atoms. The van der Waals surface area contributed by atoms with Crippen molar-refractivity contribution >= 4 is 10.1 Å². The third-order valence-electron chi connectivity index (χ3n) is 2.95. The summed E-state index contributed by atoms with van der Waals surface area (Å²) in [6.07, 6.45) is -0.313. The van der Waals surface area contributed by atoms with Crippen LogP contribution in [0.5, 0.6) is 0 Å². The molecule has 0 aliphatic heterocycles. The second kappa shape index (κ2) is 11.7. The first-order valence-electron chi connectivity index (χ1n) is 6.78. The van der Waals surface area contributed by atoms with Gasteiger partial charge in [0.15, 0.2) is 5.50 Å². The van der Waals surface area contributed by atoms with Crippen molar-refractivity contribution in [3.05, 3.63) is 0 Å². The van der Waals surface area contributed by atoms with Crippen LogP contribution in [0.25, 0.3) is 0 Å². The molecular weight excluding hydrogens is 307 g/mol. The van der Waals surface area contributed by atoms with Crippen LogP contribution in [0.1, 0.15) is 64.2 Å². The normalized spacial score (nSPS) is 13.8. The molecule has 0 saturated carbocycles. The van der Waals surface area contributed by atoms with Gasteiger partial charge in [-0.15, -0.1) is 0 Å². The molecule has 0 radical (unpaired) electrons. The molecule has 0 amide bonds. The topological polar surface area (TPSA) is 57.2 Å². The molecule has 0 N–H and O–H groups in total. The van der Waals surface area contributed by atoms with Gasteiger partial charge in [-0.3, -0.25) is 0 Å². The van der Waals surface area contributed by atoms with Crippen LogP contribution in [-0.4, -0.2) is 24.7 Å². The predicted molar refractivity (Wildman–Crippen MR) is 66.8 cm³/mol. The molecule has 1 unspecified atom stereocenters. The Bertz CT molecular complexity index is 347. The van der Waals surface area contributed by atoms with Gasteiger partial charge in [-0.2, -0.15) is 13.2 Å². The summed E-state index contributed by atoms with van der Waals surface area (Å²) in [5.74, 6) is 0.